The monoisotopic (exact) mass is 1050 g/mol. The number of esters is 2. The van der Waals surface area contributed by atoms with Crippen molar-refractivity contribution >= 4 is 19.8 Å². The Labute approximate surface area is 452 Å². The van der Waals surface area contributed by atoms with E-state index in [-0.39, 0.29) is 32.0 Å². The van der Waals surface area contributed by atoms with E-state index in [9.17, 15) is 19.0 Å². The van der Waals surface area contributed by atoms with Crippen LogP contribution < -0.4 is 4.89 Å². The van der Waals surface area contributed by atoms with Crippen molar-refractivity contribution < 1.29 is 42.1 Å². The van der Waals surface area contributed by atoms with Crippen LogP contribution in [0.2, 0.25) is 0 Å². The molecular weight excluding hydrogens is 930 g/mol. The molecule has 0 aliphatic carbocycles. The summed E-state index contributed by atoms with van der Waals surface area (Å²) < 4.78 is 34.0. The average Bonchev–Trinajstić information content (AvgIpc) is 3.35. The third-order valence-electron chi connectivity index (χ3n) is 13.6. The van der Waals surface area contributed by atoms with Crippen molar-refractivity contribution in [2.75, 3.05) is 47.5 Å². The highest BCUT2D eigenvalue weighted by Crippen LogP contribution is 2.38. The lowest BCUT2D eigenvalue weighted by Gasteiger charge is -2.28. The number of hydrogen-bond acceptors (Lipinski definition) is 8. The number of hydrogen-bond donors (Lipinski definition) is 0. The molecule has 0 fully saturated rings. The molecule has 9 nitrogen and oxygen atoms in total. The highest BCUT2D eigenvalue weighted by Gasteiger charge is 2.22. The maximum Gasteiger partial charge on any atom is 0.306 e. The number of nitrogens with zero attached hydrogens (tertiary/aromatic N) is 1. The summed E-state index contributed by atoms with van der Waals surface area (Å²) in [5.41, 5.74) is 0. The van der Waals surface area contributed by atoms with Crippen molar-refractivity contribution in [3.63, 3.8) is 0 Å². The predicted molar refractivity (Wildman–Crippen MR) is 310 cm³/mol. The Morgan fingerprint density at radius 2 is 0.781 bits per heavy atom. The van der Waals surface area contributed by atoms with Crippen LogP contribution in [0, 0.1) is 0 Å². The van der Waals surface area contributed by atoms with Crippen LogP contribution in [0.3, 0.4) is 0 Å². The molecule has 0 heterocycles. The maximum absolute atomic E-state index is 12.7. The van der Waals surface area contributed by atoms with Crippen LogP contribution in [-0.4, -0.2) is 70.0 Å². The second kappa shape index (κ2) is 54.7. The van der Waals surface area contributed by atoms with E-state index in [4.69, 9.17) is 18.5 Å². The van der Waals surface area contributed by atoms with E-state index in [0.717, 1.165) is 57.8 Å². The summed E-state index contributed by atoms with van der Waals surface area (Å²) in [5.74, 6) is -0.825. The van der Waals surface area contributed by atoms with Crippen LogP contribution in [0.4, 0.5) is 0 Å². The molecule has 428 valence electrons. The molecule has 0 aromatic carbocycles. The Morgan fingerprint density at radius 3 is 1.16 bits per heavy atom. The summed E-state index contributed by atoms with van der Waals surface area (Å²) in [6.45, 7) is 4.12. The molecule has 73 heavy (non-hydrogen) atoms. The number of carbonyl (C=O) groups excluding carboxylic acids is 2. The number of quaternary nitrogens is 1. The van der Waals surface area contributed by atoms with Gasteiger partial charge in [-0.3, -0.25) is 14.2 Å². The highest BCUT2D eigenvalue weighted by atomic mass is 31.2. The third-order valence-corrected chi connectivity index (χ3v) is 14.6. The zero-order valence-corrected chi connectivity index (χ0v) is 49.5. The molecule has 0 bridgehead atoms. The van der Waals surface area contributed by atoms with Crippen LogP contribution in [0.15, 0.2) is 48.6 Å². The standard InChI is InChI=1S/C63H118NO8P/c1-6-8-10-12-14-16-17-18-19-20-21-22-23-24-25-26-27-28-29-30-31-32-33-34-35-36-37-38-39-40-41-42-43-44-45-46-47-48-50-52-54-56-63(66)72-61(60-71-73(67,68)70-58-57-64(3,4)5)59-69-62(65)55-53-51-49-15-13-11-9-7-2/h8,10,14,16,18-19,21-22,61H,6-7,9,11-13,15,17,20,23-60H2,1-5H3/b10-8-,16-14-,19-18-,22-21-. The lowest BCUT2D eigenvalue weighted by Crippen LogP contribution is -2.37. The number of ether oxygens (including phenoxy) is 2. The fourth-order valence-corrected chi connectivity index (χ4v) is 9.61. The van der Waals surface area contributed by atoms with E-state index in [2.05, 4.69) is 62.5 Å². The van der Waals surface area contributed by atoms with Gasteiger partial charge in [0.1, 0.15) is 19.8 Å². The van der Waals surface area contributed by atoms with Crippen molar-refractivity contribution in [2.45, 2.75) is 296 Å². The molecule has 0 rings (SSSR count). The zero-order chi connectivity index (χ0) is 53.5. The second-order valence-electron chi connectivity index (χ2n) is 22.0. The van der Waals surface area contributed by atoms with Gasteiger partial charge in [0, 0.05) is 12.8 Å². The first-order valence-electron chi connectivity index (χ1n) is 30.8. The van der Waals surface area contributed by atoms with Gasteiger partial charge in [0.15, 0.2) is 6.10 Å². The minimum absolute atomic E-state index is 0.0278. The van der Waals surface area contributed by atoms with Crippen LogP contribution in [0.1, 0.15) is 290 Å². The Balaban J connectivity index is 3.75. The van der Waals surface area contributed by atoms with Crippen molar-refractivity contribution in [3.05, 3.63) is 48.6 Å². The van der Waals surface area contributed by atoms with E-state index in [1.807, 2.05) is 21.1 Å². The Hall–Kier alpha value is -2.03. The molecule has 0 saturated carbocycles. The molecule has 0 saturated heterocycles. The molecule has 2 unspecified atom stereocenters. The fourth-order valence-electron chi connectivity index (χ4n) is 8.89. The summed E-state index contributed by atoms with van der Waals surface area (Å²) in [4.78, 5) is 37.6. The van der Waals surface area contributed by atoms with Gasteiger partial charge in [0.05, 0.1) is 27.7 Å². The van der Waals surface area contributed by atoms with Crippen molar-refractivity contribution in [2.24, 2.45) is 0 Å². The van der Waals surface area contributed by atoms with Crippen LogP contribution >= 0.6 is 7.82 Å². The molecule has 0 aliphatic rings. The van der Waals surface area contributed by atoms with Gasteiger partial charge in [-0.05, 0) is 51.4 Å². The van der Waals surface area contributed by atoms with Gasteiger partial charge < -0.3 is 27.9 Å². The predicted octanol–water partition coefficient (Wildman–Crippen LogP) is 18.7. The van der Waals surface area contributed by atoms with Crippen molar-refractivity contribution in [3.8, 4) is 0 Å². The van der Waals surface area contributed by atoms with Gasteiger partial charge in [0.2, 0.25) is 0 Å². The summed E-state index contributed by atoms with van der Waals surface area (Å²) in [5, 5.41) is 0. The van der Waals surface area contributed by atoms with Gasteiger partial charge in [-0.2, -0.15) is 0 Å². The Morgan fingerprint density at radius 1 is 0.438 bits per heavy atom. The molecule has 0 radical (unpaired) electrons. The number of phosphoric acid groups is 1. The van der Waals surface area contributed by atoms with Crippen LogP contribution in [-0.2, 0) is 32.7 Å². The molecule has 0 spiro atoms. The van der Waals surface area contributed by atoms with Gasteiger partial charge in [-0.15, -0.1) is 0 Å². The normalized spacial score (nSPS) is 13.6. The minimum atomic E-state index is -4.62. The summed E-state index contributed by atoms with van der Waals surface area (Å²) >= 11 is 0. The number of unbranched alkanes of at least 4 members (excludes halogenated alkanes) is 35. The lowest BCUT2D eigenvalue weighted by atomic mass is 10.0. The Kier molecular flexibility index (Phi) is 53.2. The lowest BCUT2D eigenvalue weighted by molar-refractivity contribution is -0.870. The first-order valence-corrected chi connectivity index (χ1v) is 32.3. The summed E-state index contributed by atoms with van der Waals surface area (Å²) in [6.07, 6.45) is 69.4. The first kappa shape index (κ1) is 71.0. The minimum Gasteiger partial charge on any atom is -0.756 e. The SMILES string of the molecule is CC/C=C\C/C=C\C/C=C\C/C=C\CCCCCCCCCCCCCCCCCCCCCCCCCCCCCCC(=O)OC(COC(=O)CCCCCCCCCC)COP(=O)([O-])OCC[N+](C)(C)C. The molecule has 0 amide bonds. The Bertz CT molecular complexity index is 1370. The number of phosphoric ester groups is 1. The maximum atomic E-state index is 12.7. The fraction of sp³-hybridized carbons (Fsp3) is 0.841. The third kappa shape index (κ3) is 59.1. The molecule has 2 atom stereocenters. The highest BCUT2D eigenvalue weighted by molar-refractivity contribution is 7.45. The van der Waals surface area contributed by atoms with Gasteiger partial charge >= 0.3 is 11.9 Å². The molecule has 0 N–H and O–H groups in total. The summed E-state index contributed by atoms with van der Waals surface area (Å²) in [7, 11) is 1.18. The van der Waals surface area contributed by atoms with E-state index >= 15 is 0 Å². The topological polar surface area (TPSA) is 111 Å². The average molecular weight is 1050 g/mol. The van der Waals surface area contributed by atoms with E-state index < -0.39 is 26.5 Å². The molecular formula is C63H118NO8P. The number of likely N-dealkylation sites (N-methyl/N-ethyl adjacent to an activating group) is 1. The van der Waals surface area contributed by atoms with E-state index in [1.165, 1.54) is 199 Å². The molecule has 0 aliphatic heterocycles. The quantitative estimate of drug-likeness (QED) is 0.0195. The molecule has 0 aromatic rings. The van der Waals surface area contributed by atoms with Crippen LogP contribution in [0.25, 0.3) is 0 Å². The number of rotatable bonds is 57. The van der Waals surface area contributed by atoms with Crippen molar-refractivity contribution in [1.82, 2.24) is 0 Å². The summed E-state index contributed by atoms with van der Waals surface area (Å²) in [6, 6.07) is 0. The van der Waals surface area contributed by atoms with Gasteiger partial charge in [-0.25, -0.2) is 0 Å². The van der Waals surface area contributed by atoms with E-state index in [0.29, 0.717) is 17.4 Å². The molecule has 10 heteroatoms. The van der Waals surface area contributed by atoms with Crippen molar-refractivity contribution in [1.29, 1.82) is 0 Å². The second-order valence-corrected chi connectivity index (χ2v) is 23.5. The van der Waals surface area contributed by atoms with Crippen LogP contribution in [0.5, 0.6) is 0 Å². The molecule has 0 aromatic heterocycles. The van der Waals surface area contributed by atoms with E-state index in [1.54, 1.807) is 0 Å². The first-order chi connectivity index (χ1) is 35.5. The number of carbonyl (C=O) groups is 2. The van der Waals surface area contributed by atoms with Gasteiger partial charge in [0.25, 0.3) is 7.82 Å². The van der Waals surface area contributed by atoms with Gasteiger partial charge in [-0.1, -0.05) is 274 Å². The number of allylic oxidation sites excluding steroid dienone is 8. The smallest absolute Gasteiger partial charge is 0.306 e. The largest absolute Gasteiger partial charge is 0.756 e. The zero-order valence-electron chi connectivity index (χ0n) is 48.6.